The zero-order valence-electron chi connectivity index (χ0n) is 21.5. The van der Waals surface area contributed by atoms with Gasteiger partial charge in [0.2, 0.25) is 0 Å². The number of nitrogens with one attached hydrogen (secondary N) is 2. The van der Waals surface area contributed by atoms with Crippen LogP contribution in [0.3, 0.4) is 0 Å². The zero-order valence-corrected chi connectivity index (χ0v) is 22.3. The third-order valence-electron chi connectivity index (χ3n) is 6.43. The van der Waals surface area contributed by atoms with E-state index in [2.05, 4.69) is 53.6 Å². The minimum Gasteiger partial charge on any atom is -0.377 e. The van der Waals surface area contributed by atoms with Gasteiger partial charge in [-0.05, 0) is 69.8 Å². The van der Waals surface area contributed by atoms with Crippen LogP contribution in [0.4, 0.5) is 16.3 Å². The molecule has 0 bridgehead atoms. The Labute approximate surface area is 217 Å². The second kappa shape index (κ2) is 11.3. The molecule has 2 atom stereocenters. The number of hydrogen-bond donors (Lipinski definition) is 2. The molecule has 1 aliphatic heterocycles. The first-order valence-electron chi connectivity index (χ1n) is 12.1. The monoisotopic (exact) mass is 506 g/mol. The van der Waals surface area contributed by atoms with E-state index in [0.29, 0.717) is 24.7 Å². The summed E-state index contributed by atoms with van der Waals surface area (Å²) in [5, 5.41) is 5.83. The van der Waals surface area contributed by atoms with Crippen LogP contribution in [0.15, 0.2) is 54.9 Å². The molecule has 3 heterocycles. The topological polar surface area (TPSA) is 92.3 Å². The quantitative estimate of drug-likeness (QED) is 0.452. The molecule has 2 N–H and O–H groups in total. The van der Waals surface area contributed by atoms with Gasteiger partial charge in [0, 0.05) is 36.3 Å². The Morgan fingerprint density at radius 3 is 2.67 bits per heavy atom. The fourth-order valence-corrected chi connectivity index (χ4v) is 4.29. The van der Waals surface area contributed by atoms with E-state index >= 15 is 0 Å². The summed E-state index contributed by atoms with van der Waals surface area (Å²) in [6.07, 6.45) is 5.56. The number of benzene rings is 1. The summed E-state index contributed by atoms with van der Waals surface area (Å²) in [5.41, 5.74) is 3.51. The number of anilines is 2. The van der Waals surface area contributed by atoms with E-state index in [-0.39, 0.29) is 22.9 Å². The van der Waals surface area contributed by atoms with E-state index in [1.807, 2.05) is 43.3 Å². The molecule has 3 aromatic rings. The molecular formula is C27H34N6O2S. The van der Waals surface area contributed by atoms with Gasteiger partial charge in [0.05, 0.1) is 35.7 Å². The van der Waals surface area contributed by atoms with Crippen LogP contribution in [-0.2, 0) is 9.48 Å². The predicted molar refractivity (Wildman–Crippen MR) is 146 cm³/mol. The molecule has 1 aromatic carbocycles. The van der Waals surface area contributed by atoms with Gasteiger partial charge >= 0.3 is 6.03 Å². The number of carbonyl (C=O) groups excluding carboxylic acids is 1. The van der Waals surface area contributed by atoms with Crippen molar-refractivity contribution >= 4 is 29.3 Å². The van der Waals surface area contributed by atoms with Gasteiger partial charge in [0.1, 0.15) is 5.82 Å². The van der Waals surface area contributed by atoms with Crippen LogP contribution in [0.25, 0.3) is 11.4 Å². The molecule has 0 saturated carbocycles. The molecule has 0 spiro atoms. The number of urea groups is 1. The van der Waals surface area contributed by atoms with Crippen LogP contribution in [-0.4, -0.2) is 53.0 Å². The number of thioether (sulfide) groups is 1. The van der Waals surface area contributed by atoms with Crippen LogP contribution in [0.5, 0.6) is 0 Å². The van der Waals surface area contributed by atoms with E-state index in [9.17, 15) is 4.79 Å². The molecule has 1 aliphatic rings. The van der Waals surface area contributed by atoms with Crippen LogP contribution in [0, 0.1) is 0 Å². The Kier molecular flexibility index (Phi) is 8.11. The smallest absolute Gasteiger partial charge is 0.319 e. The van der Waals surface area contributed by atoms with E-state index in [1.54, 1.807) is 24.2 Å². The average Bonchev–Trinajstić information content (AvgIpc) is 2.89. The largest absolute Gasteiger partial charge is 0.377 e. The lowest BCUT2D eigenvalue weighted by molar-refractivity contribution is 0.0985. The van der Waals surface area contributed by atoms with Gasteiger partial charge < -0.3 is 20.3 Å². The van der Waals surface area contributed by atoms with Crippen molar-refractivity contribution in [2.75, 3.05) is 36.2 Å². The highest BCUT2D eigenvalue weighted by molar-refractivity contribution is 7.99. The third kappa shape index (κ3) is 6.14. The fourth-order valence-electron chi connectivity index (χ4n) is 3.97. The summed E-state index contributed by atoms with van der Waals surface area (Å²) in [4.78, 5) is 28.8. The van der Waals surface area contributed by atoms with Crippen molar-refractivity contribution in [2.24, 2.45) is 0 Å². The van der Waals surface area contributed by atoms with Crippen LogP contribution >= 0.6 is 11.8 Å². The van der Waals surface area contributed by atoms with Crippen molar-refractivity contribution in [1.29, 1.82) is 0 Å². The standard InChI is InChI=1S/C27H34N6O2S/c1-18-17-35-14-13-33(18)24-15-23(27(3,4)36-5)31-25(32-24)20-8-10-22(11-9-20)30-26(34)29-19(2)21-7-6-12-28-16-21/h6-12,15-16,18-19H,13-14,17H2,1-5H3,(H2,29,30,34)/t18-,19?/m0/s1. The maximum atomic E-state index is 12.5. The first-order chi connectivity index (χ1) is 17.3. The van der Waals surface area contributed by atoms with Gasteiger partial charge in [-0.1, -0.05) is 6.07 Å². The molecule has 4 rings (SSSR count). The third-order valence-corrected chi connectivity index (χ3v) is 7.66. The number of pyridine rings is 1. The second-order valence-electron chi connectivity index (χ2n) is 9.45. The Bertz CT molecular complexity index is 1170. The minimum atomic E-state index is -0.275. The molecular weight excluding hydrogens is 472 g/mol. The number of aromatic nitrogens is 3. The summed E-state index contributed by atoms with van der Waals surface area (Å²) >= 11 is 1.76. The highest BCUT2D eigenvalue weighted by Crippen LogP contribution is 2.35. The SMILES string of the molecule is CSC(C)(C)c1cc(N2CCOC[C@@H]2C)nc(-c2ccc(NC(=O)NC(C)c3cccnc3)cc2)n1. The molecule has 8 nitrogen and oxygen atoms in total. The van der Waals surface area contributed by atoms with Crippen molar-refractivity contribution in [3.8, 4) is 11.4 Å². The fraction of sp³-hybridized carbons (Fsp3) is 0.407. The van der Waals surface area contributed by atoms with Gasteiger partial charge in [-0.15, -0.1) is 0 Å². The zero-order chi connectivity index (χ0) is 25.7. The Morgan fingerprint density at radius 1 is 1.22 bits per heavy atom. The van der Waals surface area contributed by atoms with E-state index in [0.717, 1.165) is 29.2 Å². The lowest BCUT2D eigenvalue weighted by Crippen LogP contribution is -2.44. The maximum absolute atomic E-state index is 12.5. The molecule has 1 unspecified atom stereocenters. The number of ether oxygens (including phenoxy) is 1. The number of amides is 2. The number of rotatable bonds is 7. The molecule has 1 fully saturated rings. The van der Waals surface area contributed by atoms with Crippen molar-refractivity contribution in [1.82, 2.24) is 20.3 Å². The molecule has 36 heavy (non-hydrogen) atoms. The van der Waals surface area contributed by atoms with Crippen molar-refractivity contribution in [2.45, 2.75) is 44.5 Å². The average molecular weight is 507 g/mol. The Balaban J connectivity index is 1.54. The van der Waals surface area contributed by atoms with E-state index < -0.39 is 0 Å². The van der Waals surface area contributed by atoms with Gasteiger partial charge in [-0.25, -0.2) is 14.8 Å². The first kappa shape index (κ1) is 25.9. The summed E-state index contributed by atoms with van der Waals surface area (Å²) < 4.78 is 5.47. The minimum absolute atomic E-state index is 0.157. The number of hydrogen-bond acceptors (Lipinski definition) is 7. The van der Waals surface area contributed by atoms with Crippen molar-refractivity contribution < 1.29 is 9.53 Å². The van der Waals surface area contributed by atoms with Gasteiger partial charge in [-0.2, -0.15) is 11.8 Å². The summed E-state index contributed by atoms with van der Waals surface area (Å²) in [5.74, 6) is 1.59. The molecule has 1 saturated heterocycles. The number of morpholine rings is 1. The van der Waals surface area contributed by atoms with E-state index in [4.69, 9.17) is 14.7 Å². The molecule has 9 heteroatoms. The molecule has 0 aliphatic carbocycles. The van der Waals surface area contributed by atoms with Crippen LogP contribution in [0.2, 0.25) is 0 Å². The van der Waals surface area contributed by atoms with Crippen LogP contribution in [0.1, 0.15) is 45.0 Å². The molecule has 190 valence electrons. The Hall–Kier alpha value is -3.17. The van der Waals surface area contributed by atoms with Crippen molar-refractivity contribution in [3.63, 3.8) is 0 Å². The van der Waals surface area contributed by atoms with Gasteiger partial charge in [0.15, 0.2) is 5.82 Å². The normalized spacial score (nSPS) is 16.9. The van der Waals surface area contributed by atoms with Gasteiger partial charge in [-0.3, -0.25) is 4.98 Å². The maximum Gasteiger partial charge on any atom is 0.319 e. The second-order valence-corrected chi connectivity index (χ2v) is 10.9. The summed E-state index contributed by atoms with van der Waals surface area (Å²) in [6.45, 7) is 10.6. The number of nitrogens with zero attached hydrogens (tertiary/aromatic N) is 4. The molecule has 2 aromatic heterocycles. The van der Waals surface area contributed by atoms with Crippen molar-refractivity contribution in [3.05, 3.63) is 66.1 Å². The first-order valence-corrected chi connectivity index (χ1v) is 13.4. The lowest BCUT2D eigenvalue weighted by Gasteiger charge is -2.35. The summed E-state index contributed by atoms with van der Waals surface area (Å²) in [7, 11) is 0. The summed E-state index contributed by atoms with van der Waals surface area (Å²) in [6, 6.07) is 13.3. The lowest BCUT2D eigenvalue weighted by atomic mass is 10.1. The molecule has 0 radical (unpaired) electrons. The Morgan fingerprint density at radius 2 is 2.00 bits per heavy atom. The highest BCUT2D eigenvalue weighted by atomic mass is 32.2. The van der Waals surface area contributed by atoms with E-state index in [1.165, 1.54) is 0 Å². The molecule has 2 amide bonds. The van der Waals surface area contributed by atoms with Gasteiger partial charge in [0.25, 0.3) is 0 Å². The predicted octanol–water partition coefficient (Wildman–Crippen LogP) is 5.24. The van der Waals surface area contributed by atoms with Crippen LogP contribution < -0.4 is 15.5 Å². The highest BCUT2D eigenvalue weighted by Gasteiger charge is 2.27. The number of carbonyl (C=O) groups is 1.